The quantitative estimate of drug-likeness (QED) is 0.538. The highest BCUT2D eigenvalue weighted by Gasteiger charge is 1.96. The number of hydrogen-bond acceptors (Lipinski definition) is 0. The molecule has 0 unspecified atom stereocenters. The minimum Gasteiger partial charge on any atom is -0.0625 e. The molecule has 0 aromatic rings. The largest absolute Gasteiger partial charge is 0.0625 e. The lowest BCUT2D eigenvalue weighted by Gasteiger charge is -2.05. The first-order valence-corrected chi connectivity index (χ1v) is 5.64. The minimum atomic E-state index is 0.852. The smallest absolute Gasteiger partial charge is 0.0448 e. The molecular weight excluding hydrogens is 144 g/mol. The molecule has 0 amide bonds. The third-order valence-corrected chi connectivity index (χ3v) is 2.83. The summed E-state index contributed by atoms with van der Waals surface area (Å²) >= 11 is 0. The Morgan fingerprint density at radius 2 is 0.667 bits per heavy atom. The Morgan fingerprint density at radius 3 is 0.750 bits per heavy atom. The normalized spacial score (nSPS) is 17.5. The molecule has 74 valence electrons. The van der Waals surface area contributed by atoms with Crippen LogP contribution in [-0.4, -0.2) is 0 Å². The maximum absolute atomic E-state index is 2.24. The van der Waals surface area contributed by atoms with Crippen molar-refractivity contribution in [3.8, 4) is 0 Å². The molecule has 1 fully saturated rings. The van der Waals surface area contributed by atoms with E-state index in [0.717, 1.165) is 11.8 Å². The van der Waals surface area contributed by atoms with E-state index in [1.165, 1.54) is 38.5 Å². The fraction of sp³-hybridized carbons (Fsp3) is 1.00. The third kappa shape index (κ3) is 8.10. The van der Waals surface area contributed by atoms with E-state index in [1.807, 2.05) is 0 Å². The molecule has 0 bridgehead atoms. The van der Waals surface area contributed by atoms with Crippen molar-refractivity contribution in [2.45, 2.75) is 66.2 Å². The first kappa shape index (κ1) is 12.0. The van der Waals surface area contributed by atoms with Gasteiger partial charge in [0.05, 0.1) is 0 Å². The zero-order valence-electron chi connectivity index (χ0n) is 9.40. The average molecular weight is 170 g/mol. The van der Waals surface area contributed by atoms with Crippen LogP contribution in [0.5, 0.6) is 0 Å². The molecule has 0 atom stereocenters. The first-order chi connectivity index (χ1) is 5.64. The monoisotopic (exact) mass is 170 g/mol. The summed E-state index contributed by atoms with van der Waals surface area (Å²) in [5.74, 6) is 1.70. The Labute approximate surface area is 78.8 Å². The van der Waals surface area contributed by atoms with Crippen molar-refractivity contribution in [1.82, 2.24) is 0 Å². The fourth-order valence-corrected chi connectivity index (χ4v) is 1.06. The highest BCUT2D eigenvalue weighted by atomic mass is 14.0. The summed E-state index contributed by atoms with van der Waals surface area (Å²) in [5, 5.41) is 0. The summed E-state index contributed by atoms with van der Waals surface area (Å²) in [4.78, 5) is 0. The van der Waals surface area contributed by atoms with Crippen molar-refractivity contribution in [3.63, 3.8) is 0 Å². The molecule has 0 radical (unpaired) electrons. The molecule has 1 aliphatic carbocycles. The molecule has 0 nitrogen and oxygen atoms in total. The predicted octanol–water partition coefficient (Wildman–Crippen LogP) is 4.64. The lowest BCUT2D eigenvalue weighted by Crippen LogP contribution is -1.95. The minimum absolute atomic E-state index is 0.852. The van der Waals surface area contributed by atoms with Gasteiger partial charge in [-0.15, -0.1) is 0 Å². The molecule has 0 heteroatoms. The fourth-order valence-electron chi connectivity index (χ4n) is 1.06. The van der Waals surface area contributed by atoms with E-state index in [1.54, 1.807) is 0 Å². The molecule has 0 aromatic carbocycles. The second kappa shape index (κ2) is 7.64. The summed E-state index contributed by atoms with van der Waals surface area (Å²) in [6.07, 6.45) is 9.00. The predicted molar refractivity (Wildman–Crippen MR) is 57.4 cm³/mol. The van der Waals surface area contributed by atoms with E-state index >= 15 is 0 Å². The van der Waals surface area contributed by atoms with Crippen molar-refractivity contribution in [3.05, 3.63) is 0 Å². The van der Waals surface area contributed by atoms with Crippen molar-refractivity contribution in [1.29, 1.82) is 0 Å². The standard InChI is InChI=1S/C6H12.C6H14/c1-2-4-6-5-3-1;1-5(2)6(3)4/h1-6H2;5-6H,1-4H3. The van der Waals surface area contributed by atoms with Crippen LogP contribution < -0.4 is 0 Å². The van der Waals surface area contributed by atoms with Crippen molar-refractivity contribution >= 4 is 0 Å². The van der Waals surface area contributed by atoms with Crippen LogP contribution in [0.2, 0.25) is 0 Å². The van der Waals surface area contributed by atoms with Gasteiger partial charge in [-0.3, -0.25) is 0 Å². The zero-order valence-corrected chi connectivity index (χ0v) is 9.40. The molecule has 1 rings (SSSR count). The van der Waals surface area contributed by atoms with Crippen LogP contribution in [0.1, 0.15) is 66.2 Å². The van der Waals surface area contributed by atoms with Gasteiger partial charge in [-0.25, -0.2) is 0 Å². The molecule has 1 aliphatic rings. The van der Waals surface area contributed by atoms with E-state index < -0.39 is 0 Å². The SMILES string of the molecule is C1CCCCC1.CC(C)C(C)C. The topological polar surface area (TPSA) is 0 Å². The van der Waals surface area contributed by atoms with Crippen LogP contribution >= 0.6 is 0 Å². The van der Waals surface area contributed by atoms with Crippen LogP contribution in [-0.2, 0) is 0 Å². The summed E-state index contributed by atoms with van der Waals surface area (Å²) in [6, 6.07) is 0. The van der Waals surface area contributed by atoms with Crippen molar-refractivity contribution in [2.75, 3.05) is 0 Å². The lowest BCUT2D eigenvalue weighted by atomic mass is 10.0. The second-order valence-electron chi connectivity index (χ2n) is 4.61. The van der Waals surface area contributed by atoms with E-state index in [4.69, 9.17) is 0 Å². The zero-order chi connectivity index (χ0) is 9.40. The Kier molecular flexibility index (Phi) is 7.64. The summed E-state index contributed by atoms with van der Waals surface area (Å²) in [6.45, 7) is 8.96. The maximum Gasteiger partial charge on any atom is -0.0448 e. The van der Waals surface area contributed by atoms with Gasteiger partial charge in [0.25, 0.3) is 0 Å². The Morgan fingerprint density at radius 1 is 0.500 bits per heavy atom. The second-order valence-corrected chi connectivity index (χ2v) is 4.61. The van der Waals surface area contributed by atoms with Crippen LogP contribution in [0.15, 0.2) is 0 Å². The van der Waals surface area contributed by atoms with Gasteiger partial charge in [-0.2, -0.15) is 0 Å². The van der Waals surface area contributed by atoms with Gasteiger partial charge in [-0.05, 0) is 11.8 Å². The van der Waals surface area contributed by atoms with Gasteiger partial charge >= 0.3 is 0 Å². The van der Waals surface area contributed by atoms with Crippen molar-refractivity contribution < 1.29 is 0 Å². The van der Waals surface area contributed by atoms with Gasteiger partial charge < -0.3 is 0 Å². The van der Waals surface area contributed by atoms with E-state index in [2.05, 4.69) is 27.7 Å². The number of rotatable bonds is 1. The molecule has 0 aromatic heterocycles. The molecule has 12 heavy (non-hydrogen) atoms. The highest BCUT2D eigenvalue weighted by molar-refractivity contribution is 4.51. The third-order valence-electron chi connectivity index (χ3n) is 2.83. The van der Waals surface area contributed by atoms with E-state index in [9.17, 15) is 0 Å². The Hall–Kier alpha value is 0. The number of hydrogen-bond donors (Lipinski definition) is 0. The van der Waals surface area contributed by atoms with Crippen molar-refractivity contribution in [2.24, 2.45) is 11.8 Å². The van der Waals surface area contributed by atoms with Gasteiger partial charge in [-0.1, -0.05) is 66.2 Å². The van der Waals surface area contributed by atoms with Crippen LogP contribution in [0.3, 0.4) is 0 Å². The first-order valence-electron chi connectivity index (χ1n) is 5.64. The summed E-state index contributed by atoms with van der Waals surface area (Å²) in [7, 11) is 0. The van der Waals surface area contributed by atoms with Crippen LogP contribution in [0.25, 0.3) is 0 Å². The van der Waals surface area contributed by atoms with Crippen LogP contribution in [0, 0.1) is 11.8 Å². The van der Waals surface area contributed by atoms with E-state index in [-0.39, 0.29) is 0 Å². The molecule has 0 aliphatic heterocycles. The lowest BCUT2D eigenvalue weighted by molar-refractivity contribution is 0.457. The van der Waals surface area contributed by atoms with E-state index in [0.29, 0.717) is 0 Å². The summed E-state index contributed by atoms with van der Waals surface area (Å²) < 4.78 is 0. The van der Waals surface area contributed by atoms with Gasteiger partial charge in [0.2, 0.25) is 0 Å². The van der Waals surface area contributed by atoms with Gasteiger partial charge in [0.15, 0.2) is 0 Å². The average Bonchev–Trinajstić information content (AvgIpc) is 2.08. The molecule has 0 saturated heterocycles. The molecule has 0 heterocycles. The maximum atomic E-state index is 2.24. The van der Waals surface area contributed by atoms with Gasteiger partial charge in [0.1, 0.15) is 0 Å². The Balaban J connectivity index is 0.000000202. The summed E-state index contributed by atoms with van der Waals surface area (Å²) in [5.41, 5.74) is 0. The molecule has 0 N–H and O–H groups in total. The molecular formula is C12H26. The molecule has 1 saturated carbocycles. The van der Waals surface area contributed by atoms with Crippen LogP contribution in [0.4, 0.5) is 0 Å². The molecule has 0 spiro atoms. The van der Waals surface area contributed by atoms with Gasteiger partial charge in [0, 0.05) is 0 Å². The highest BCUT2D eigenvalue weighted by Crippen LogP contribution is 2.15. The Bertz CT molecular complexity index is 60.5.